The maximum atomic E-state index is 3.67. The summed E-state index contributed by atoms with van der Waals surface area (Å²) >= 11 is 5.36. The van der Waals surface area contributed by atoms with Gasteiger partial charge in [0.15, 0.2) is 0 Å². The number of nitrogens with one attached hydrogen (secondary N) is 1. The van der Waals surface area contributed by atoms with Crippen molar-refractivity contribution < 1.29 is 0 Å². The molecule has 3 heteroatoms. The number of hydrogen-bond acceptors (Lipinski definition) is 2. The lowest BCUT2D eigenvalue weighted by atomic mass is 9.96. The van der Waals surface area contributed by atoms with Gasteiger partial charge in [-0.3, -0.25) is 0 Å². The van der Waals surface area contributed by atoms with Gasteiger partial charge in [0.25, 0.3) is 0 Å². The van der Waals surface area contributed by atoms with Crippen LogP contribution in [0.15, 0.2) is 34.1 Å². The third kappa shape index (κ3) is 3.47. The standard InChI is InChI=1S/C16H20BrNS/c1-4-8-18-16(15-9-13(17)10-19-15)14-7-5-6-11(2)12(14)3/h5-7,9-10,16,18H,4,8H2,1-3H3. The average molecular weight is 338 g/mol. The van der Waals surface area contributed by atoms with Crippen LogP contribution < -0.4 is 5.32 Å². The molecule has 1 heterocycles. The number of rotatable bonds is 5. The van der Waals surface area contributed by atoms with Crippen LogP contribution in [0.5, 0.6) is 0 Å². The summed E-state index contributed by atoms with van der Waals surface area (Å²) in [5.74, 6) is 0. The number of halogens is 1. The molecule has 0 fully saturated rings. The minimum absolute atomic E-state index is 0.302. The first-order valence-electron chi connectivity index (χ1n) is 6.67. The Morgan fingerprint density at radius 3 is 2.74 bits per heavy atom. The highest BCUT2D eigenvalue weighted by atomic mass is 79.9. The fraction of sp³-hybridized carbons (Fsp3) is 0.375. The van der Waals surface area contributed by atoms with Crippen molar-refractivity contribution in [3.05, 3.63) is 55.7 Å². The highest BCUT2D eigenvalue weighted by Gasteiger charge is 2.17. The molecule has 102 valence electrons. The van der Waals surface area contributed by atoms with Crippen molar-refractivity contribution in [2.45, 2.75) is 33.2 Å². The van der Waals surface area contributed by atoms with Gasteiger partial charge in [-0.2, -0.15) is 0 Å². The van der Waals surface area contributed by atoms with Crippen LogP contribution in [0.3, 0.4) is 0 Å². The Labute approximate surface area is 128 Å². The van der Waals surface area contributed by atoms with Crippen molar-refractivity contribution in [1.29, 1.82) is 0 Å². The zero-order valence-electron chi connectivity index (χ0n) is 11.7. The molecule has 0 aliphatic rings. The molecule has 1 unspecified atom stereocenters. The van der Waals surface area contributed by atoms with E-state index in [9.17, 15) is 0 Å². The molecule has 1 aromatic heterocycles. The van der Waals surface area contributed by atoms with Crippen LogP contribution >= 0.6 is 27.3 Å². The van der Waals surface area contributed by atoms with Gasteiger partial charge in [-0.25, -0.2) is 0 Å². The molecule has 1 aromatic carbocycles. The van der Waals surface area contributed by atoms with Crippen LogP contribution in [0.1, 0.15) is 41.0 Å². The van der Waals surface area contributed by atoms with E-state index in [-0.39, 0.29) is 0 Å². The van der Waals surface area contributed by atoms with Gasteiger partial charge < -0.3 is 5.32 Å². The van der Waals surface area contributed by atoms with Gasteiger partial charge in [0.2, 0.25) is 0 Å². The Hall–Kier alpha value is -0.640. The summed E-state index contributed by atoms with van der Waals surface area (Å²) in [6.45, 7) is 7.64. The van der Waals surface area contributed by atoms with E-state index < -0.39 is 0 Å². The van der Waals surface area contributed by atoms with Crippen LogP contribution in [-0.4, -0.2) is 6.54 Å². The van der Waals surface area contributed by atoms with Gasteiger partial charge in [0.1, 0.15) is 0 Å². The summed E-state index contributed by atoms with van der Waals surface area (Å²) in [6, 6.07) is 9.10. The summed E-state index contributed by atoms with van der Waals surface area (Å²) in [5, 5.41) is 5.83. The zero-order valence-corrected chi connectivity index (χ0v) is 14.1. The summed E-state index contributed by atoms with van der Waals surface area (Å²) in [4.78, 5) is 1.37. The zero-order chi connectivity index (χ0) is 13.8. The molecule has 2 aromatic rings. The molecule has 19 heavy (non-hydrogen) atoms. The van der Waals surface area contributed by atoms with Crippen molar-refractivity contribution >= 4 is 27.3 Å². The minimum atomic E-state index is 0.302. The van der Waals surface area contributed by atoms with Crippen LogP contribution in [0.4, 0.5) is 0 Å². The first-order valence-corrected chi connectivity index (χ1v) is 8.34. The molecule has 0 bridgehead atoms. The van der Waals surface area contributed by atoms with Gasteiger partial charge in [-0.1, -0.05) is 25.1 Å². The Balaban J connectivity index is 2.39. The predicted octanol–water partition coefficient (Wildman–Crippen LogP) is 5.22. The van der Waals surface area contributed by atoms with Crippen molar-refractivity contribution in [2.24, 2.45) is 0 Å². The van der Waals surface area contributed by atoms with E-state index in [2.05, 4.69) is 71.7 Å². The van der Waals surface area contributed by atoms with Crippen LogP contribution in [0.25, 0.3) is 0 Å². The highest BCUT2D eigenvalue weighted by molar-refractivity contribution is 9.10. The van der Waals surface area contributed by atoms with E-state index in [0.717, 1.165) is 13.0 Å². The summed E-state index contributed by atoms with van der Waals surface area (Å²) in [5.41, 5.74) is 4.14. The largest absolute Gasteiger partial charge is 0.306 e. The Bertz CT molecular complexity index is 547. The van der Waals surface area contributed by atoms with E-state index in [1.165, 1.54) is 26.0 Å². The third-order valence-electron chi connectivity index (χ3n) is 3.43. The molecule has 1 atom stereocenters. The molecule has 0 aliphatic carbocycles. The monoisotopic (exact) mass is 337 g/mol. The minimum Gasteiger partial charge on any atom is -0.306 e. The Morgan fingerprint density at radius 1 is 1.32 bits per heavy atom. The number of benzene rings is 1. The topological polar surface area (TPSA) is 12.0 Å². The maximum Gasteiger partial charge on any atom is 0.0674 e. The molecular formula is C16H20BrNS. The molecular weight excluding hydrogens is 318 g/mol. The lowest BCUT2D eigenvalue weighted by Crippen LogP contribution is -2.23. The molecule has 0 saturated heterocycles. The van der Waals surface area contributed by atoms with Gasteiger partial charge in [-0.05, 0) is 65.5 Å². The summed E-state index contributed by atoms with van der Waals surface area (Å²) < 4.78 is 1.17. The summed E-state index contributed by atoms with van der Waals surface area (Å²) in [7, 11) is 0. The number of thiophene rings is 1. The number of hydrogen-bond donors (Lipinski definition) is 1. The van der Waals surface area contributed by atoms with E-state index in [1.807, 2.05) is 11.3 Å². The average Bonchev–Trinajstić information content (AvgIpc) is 2.81. The quantitative estimate of drug-likeness (QED) is 0.788. The van der Waals surface area contributed by atoms with E-state index in [0.29, 0.717) is 6.04 Å². The first-order chi connectivity index (χ1) is 9.13. The van der Waals surface area contributed by atoms with Gasteiger partial charge in [0, 0.05) is 14.7 Å². The lowest BCUT2D eigenvalue weighted by molar-refractivity contribution is 0.603. The SMILES string of the molecule is CCCNC(c1cc(Br)cs1)c1cccc(C)c1C. The van der Waals surface area contributed by atoms with Crippen molar-refractivity contribution in [3.63, 3.8) is 0 Å². The first kappa shape index (κ1) is 14.8. The fourth-order valence-electron chi connectivity index (χ4n) is 2.22. The van der Waals surface area contributed by atoms with Crippen LogP contribution in [0.2, 0.25) is 0 Å². The molecule has 1 N–H and O–H groups in total. The molecule has 0 aliphatic heterocycles. The molecule has 0 radical (unpaired) electrons. The van der Waals surface area contributed by atoms with E-state index >= 15 is 0 Å². The summed E-state index contributed by atoms with van der Waals surface area (Å²) in [6.07, 6.45) is 1.15. The van der Waals surface area contributed by atoms with Crippen molar-refractivity contribution in [2.75, 3.05) is 6.54 Å². The molecule has 0 amide bonds. The predicted molar refractivity (Wildman–Crippen MR) is 88.1 cm³/mol. The van der Waals surface area contributed by atoms with Gasteiger partial charge in [-0.15, -0.1) is 11.3 Å². The Morgan fingerprint density at radius 2 is 2.11 bits per heavy atom. The molecule has 2 rings (SSSR count). The van der Waals surface area contributed by atoms with Crippen LogP contribution in [-0.2, 0) is 0 Å². The van der Waals surface area contributed by atoms with Crippen molar-refractivity contribution in [3.8, 4) is 0 Å². The normalized spacial score (nSPS) is 12.6. The van der Waals surface area contributed by atoms with Gasteiger partial charge >= 0.3 is 0 Å². The van der Waals surface area contributed by atoms with Gasteiger partial charge in [0.05, 0.1) is 6.04 Å². The molecule has 1 nitrogen and oxygen atoms in total. The molecule has 0 spiro atoms. The second-order valence-electron chi connectivity index (χ2n) is 4.84. The maximum absolute atomic E-state index is 3.67. The van der Waals surface area contributed by atoms with E-state index in [1.54, 1.807) is 0 Å². The fourth-order valence-corrected chi connectivity index (χ4v) is 3.76. The molecule has 0 saturated carbocycles. The highest BCUT2D eigenvalue weighted by Crippen LogP contribution is 2.32. The second-order valence-corrected chi connectivity index (χ2v) is 6.70. The number of aryl methyl sites for hydroxylation is 1. The van der Waals surface area contributed by atoms with Crippen LogP contribution in [0, 0.1) is 13.8 Å². The lowest BCUT2D eigenvalue weighted by Gasteiger charge is -2.20. The van der Waals surface area contributed by atoms with Crippen molar-refractivity contribution in [1.82, 2.24) is 5.32 Å². The Kier molecular flexibility index (Phi) is 5.20. The second kappa shape index (κ2) is 6.69. The third-order valence-corrected chi connectivity index (χ3v) is 5.19. The smallest absolute Gasteiger partial charge is 0.0674 e. The van der Waals surface area contributed by atoms with E-state index in [4.69, 9.17) is 0 Å².